The summed E-state index contributed by atoms with van der Waals surface area (Å²) < 4.78 is -0.974. The summed E-state index contributed by atoms with van der Waals surface area (Å²) in [6, 6.07) is 8.28. The number of carbonyl (C=O) groups excluding carboxylic acids is 1. The Morgan fingerprint density at radius 1 is 1.25 bits per heavy atom. The van der Waals surface area contributed by atoms with Crippen LogP contribution in [0, 0.1) is 5.92 Å². The maximum Gasteiger partial charge on any atom is 0.240 e. The van der Waals surface area contributed by atoms with E-state index in [2.05, 4.69) is 29.6 Å². The Balaban J connectivity index is 1.58. The first-order valence-electron chi connectivity index (χ1n) is 8.88. The number of nitrogens with one attached hydrogen (secondary N) is 1. The fraction of sp³-hybridized carbons (Fsp3) is 0.579. The highest BCUT2D eigenvalue weighted by molar-refractivity contribution is 6.62. The van der Waals surface area contributed by atoms with Crippen molar-refractivity contribution in [3.8, 4) is 0 Å². The Bertz CT molecular complexity index is 642. The van der Waals surface area contributed by atoms with E-state index in [1.165, 1.54) is 30.4 Å². The lowest BCUT2D eigenvalue weighted by Crippen LogP contribution is -2.54. The number of benzene rings is 1. The molecular formula is C19H24Cl2N2O. The smallest absolute Gasteiger partial charge is 0.240 e. The predicted octanol–water partition coefficient (Wildman–Crippen LogP) is 4.96. The Labute approximate surface area is 153 Å². The minimum absolute atomic E-state index is 0.0575. The Morgan fingerprint density at radius 2 is 2.00 bits per heavy atom. The molecular weight excluding hydrogens is 343 g/mol. The topological polar surface area (TPSA) is 41.5 Å². The van der Waals surface area contributed by atoms with Gasteiger partial charge in [-0.2, -0.15) is 5.10 Å². The molecule has 0 radical (unpaired) electrons. The number of halogens is 2. The molecule has 1 aromatic rings. The van der Waals surface area contributed by atoms with Crippen molar-refractivity contribution in [3.63, 3.8) is 0 Å². The van der Waals surface area contributed by atoms with Crippen LogP contribution in [0.1, 0.15) is 62.5 Å². The SMILES string of the molecule is CCCCCCCC(=O)N/N=C1\[C@@H]2c3ccccc3C[C@@H]2C1(Cl)Cl. The van der Waals surface area contributed by atoms with Crippen molar-refractivity contribution in [2.75, 3.05) is 0 Å². The highest BCUT2D eigenvalue weighted by Crippen LogP contribution is 2.59. The van der Waals surface area contributed by atoms with E-state index in [4.69, 9.17) is 23.2 Å². The van der Waals surface area contributed by atoms with Gasteiger partial charge in [0.25, 0.3) is 0 Å². The lowest BCUT2D eigenvalue weighted by atomic mass is 9.71. The first-order valence-corrected chi connectivity index (χ1v) is 9.63. The number of unbranched alkanes of at least 4 members (excludes halogenated alkanes) is 4. The average molecular weight is 367 g/mol. The number of hydrogen-bond acceptors (Lipinski definition) is 2. The zero-order chi connectivity index (χ0) is 17.2. The van der Waals surface area contributed by atoms with Gasteiger partial charge < -0.3 is 0 Å². The lowest BCUT2D eigenvalue weighted by Gasteiger charge is -2.45. The van der Waals surface area contributed by atoms with Crippen molar-refractivity contribution >= 4 is 34.8 Å². The van der Waals surface area contributed by atoms with Crippen molar-refractivity contribution in [2.24, 2.45) is 11.0 Å². The number of rotatable bonds is 7. The van der Waals surface area contributed by atoms with Crippen molar-refractivity contribution in [1.82, 2.24) is 5.43 Å². The molecule has 5 heteroatoms. The monoisotopic (exact) mass is 366 g/mol. The van der Waals surface area contributed by atoms with E-state index in [0.29, 0.717) is 12.1 Å². The van der Waals surface area contributed by atoms with Crippen LogP contribution in [0.15, 0.2) is 29.4 Å². The van der Waals surface area contributed by atoms with Crippen LogP contribution in [0.5, 0.6) is 0 Å². The molecule has 0 saturated heterocycles. The van der Waals surface area contributed by atoms with Gasteiger partial charge in [0.1, 0.15) is 0 Å². The Hall–Kier alpha value is -1.06. The summed E-state index contributed by atoms with van der Waals surface area (Å²) in [6.07, 6.45) is 6.99. The number of amides is 1. The predicted molar refractivity (Wildman–Crippen MR) is 99.8 cm³/mol. The third-order valence-corrected chi connectivity index (χ3v) is 6.09. The maximum atomic E-state index is 12.0. The molecule has 2 aliphatic carbocycles. The number of carbonyl (C=O) groups is 1. The Morgan fingerprint density at radius 3 is 2.79 bits per heavy atom. The van der Waals surface area contributed by atoms with Crippen LogP contribution in [0.4, 0.5) is 0 Å². The van der Waals surface area contributed by atoms with Crippen LogP contribution in [-0.4, -0.2) is 16.0 Å². The van der Waals surface area contributed by atoms with Gasteiger partial charge in [-0.1, -0.05) is 80.1 Å². The molecule has 1 aromatic carbocycles. The number of hydrogen-bond donors (Lipinski definition) is 1. The quantitative estimate of drug-likeness (QED) is 0.413. The zero-order valence-corrected chi connectivity index (χ0v) is 15.5. The van der Waals surface area contributed by atoms with Gasteiger partial charge in [0.2, 0.25) is 5.91 Å². The second-order valence-electron chi connectivity index (χ2n) is 6.81. The molecule has 0 aliphatic heterocycles. The van der Waals surface area contributed by atoms with E-state index in [-0.39, 0.29) is 17.7 Å². The molecule has 1 fully saturated rings. The van der Waals surface area contributed by atoms with Crippen LogP contribution in [0.25, 0.3) is 0 Å². The van der Waals surface area contributed by atoms with Crippen molar-refractivity contribution < 1.29 is 4.79 Å². The van der Waals surface area contributed by atoms with E-state index in [9.17, 15) is 4.79 Å². The van der Waals surface area contributed by atoms with Crippen LogP contribution < -0.4 is 5.43 Å². The minimum Gasteiger partial charge on any atom is -0.273 e. The first kappa shape index (κ1) is 17.8. The third-order valence-electron chi connectivity index (χ3n) is 5.14. The van der Waals surface area contributed by atoms with Crippen molar-refractivity contribution in [2.45, 2.75) is 62.1 Å². The molecule has 0 heterocycles. The largest absolute Gasteiger partial charge is 0.273 e. The summed E-state index contributed by atoms with van der Waals surface area (Å²) in [5, 5.41) is 4.29. The van der Waals surface area contributed by atoms with Gasteiger partial charge in [0.05, 0.1) is 5.71 Å². The second kappa shape index (κ2) is 7.45. The normalized spacial score (nSPS) is 25.0. The third kappa shape index (κ3) is 3.34. The summed E-state index contributed by atoms with van der Waals surface area (Å²) in [4.78, 5) is 12.0. The van der Waals surface area contributed by atoms with Gasteiger partial charge in [-0.3, -0.25) is 4.79 Å². The van der Waals surface area contributed by atoms with Gasteiger partial charge >= 0.3 is 0 Å². The van der Waals surface area contributed by atoms with Crippen molar-refractivity contribution in [1.29, 1.82) is 0 Å². The number of alkyl halides is 2. The zero-order valence-electron chi connectivity index (χ0n) is 14.0. The minimum atomic E-state index is -0.974. The molecule has 1 saturated carbocycles. The van der Waals surface area contributed by atoms with Crippen LogP contribution in [0.2, 0.25) is 0 Å². The van der Waals surface area contributed by atoms with Crippen LogP contribution in [0.3, 0.4) is 0 Å². The van der Waals surface area contributed by atoms with Crippen LogP contribution in [-0.2, 0) is 11.2 Å². The number of fused-ring (bicyclic) bond motifs is 3. The van der Waals surface area contributed by atoms with Crippen molar-refractivity contribution in [3.05, 3.63) is 35.4 Å². The highest BCUT2D eigenvalue weighted by atomic mass is 35.5. The molecule has 0 bridgehead atoms. The number of hydrazone groups is 1. The molecule has 0 unspecified atom stereocenters. The molecule has 0 aromatic heterocycles. The standard InChI is InChI=1S/C19H24Cl2N2O/c1-2-3-4-5-6-11-16(24)22-23-18-17-14-10-8-7-9-13(14)12-15(17)19(18,20)21/h7-10,15,17H,2-6,11-12H2,1H3,(H,22,24)/b23-18+/t15-,17+/m0/s1. The summed E-state index contributed by atoms with van der Waals surface area (Å²) in [7, 11) is 0. The molecule has 24 heavy (non-hydrogen) atoms. The summed E-state index contributed by atoms with van der Waals surface area (Å²) >= 11 is 13.0. The Kier molecular flexibility index (Phi) is 5.51. The number of nitrogens with zero attached hydrogens (tertiary/aromatic N) is 1. The van der Waals surface area contributed by atoms with E-state index in [0.717, 1.165) is 19.3 Å². The summed E-state index contributed by atoms with van der Waals surface area (Å²) in [5.74, 6) is 0.238. The lowest BCUT2D eigenvalue weighted by molar-refractivity contribution is -0.121. The molecule has 0 spiro atoms. The van der Waals surface area contributed by atoms with Gasteiger partial charge in [-0.15, -0.1) is 0 Å². The molecule has 1 amide bonds. The second-order valence-corrected chi connectivity index (χ2v) is 8.19. The highest BCUT2D eigenvalue weighted by Gasteiger charge is 2.61. The fourth-order valence-corrected chi connectivity index (χ4v) is 4.51. The summed E-state index contributed by atoms with van der Waals surface area (Å²) in [5.41, 5.74) is 5.86. The molecule has 130 valence electrons. The maximum absolute atomic E-state index is 12.0. The molecule has 3 rings (SSSR count). The first-order chi connectivity index (χ1) is 11.6. The van der Waals surface area contributed by atoms with Gasteiger partial charge in [-0.25, -0.2) is 5.43 Å². The molecule has 3 nitrogen and oxygen atoms in total. The molecule has 2 aliphatic rings. The molecule has 1 N–H and O–H groups in total. The average Bonchev–Trinajstić information content (AvgIpc) is 2.92. The van der Waals surface area contributed by atoms with Gasteiger partial charge in [0, 0.05) is 18.3 Å². The van der Waals surface area contributed by atoms with Crippen LogP contribution >= 0.6 is 23.2 Å². The summed E-state index contributed by atoms with van der Waals surface area (Å²) in [6.45, 7) is 2.18. The van der Waals surface area contributed by atoms with Gasteiger partial charge in [0.15, 0.2) is 4.33 Å². The van der Waals surface area contributed by atoms with E-state index >= 15 is 0 Å². The van der Waals surface area contributed by atoms with E-state index in [1.54, 1.807) is 0 Å². The van der Waals surface area contributed by atoms with Gasteiger partial charge in [-0.05, 0) is 24.0 Å². The fourth-order valence-electron chi connectivity index (χ4n) is 3.78. The van der Waals surface area contributed by atoms with E-state index in [1.807, 2.05) is 12.1 Å². The van der Waals surface area contributed by atoms with E-state index < -0.39 is 4.33 Å². The molecule has 2 atom stereocenters.